The maximum absolute atomic E-state index is 12.0. The Bertz CT molecular complexity index is 690. The van der Waals surface area contributed by atoms with Crippen molar-refractivity contribution in [2.45, 2.75) is 38.1 Å². The fourth-order valence-electron chi connectivity index (χ4n) is 3.39. The summed E-state index contributed by atoms with van der Waals surface area (Å²) in [7, 11) is 0. The molecule has 1 aliphatic heterocycles. The molecule has 1 aliphatic carbocycles. The van der Waals surface area contributed by atoms with Crippen molar-refractivity contribution >= 4 is 22.4 Å². The number of piperidine rings is 1. The van der Waals surface area contributed by atoms with Crippen LogP contribution < -0.4 is 5.32 Å². The molecule has 126 valence electrons. The standard InChI is InChI=1S/C19H23N3OS/c23-18(15-9-10-15)21-19-20-13-16(24-19)17(14-7-3-1-4-8-14)22-11-5-2-6-12-22/h1,3-4,7-8,13,15,17H,2,5-6,9-12H2,(H,20,21,23). The number of amides is 1. The molecular weight excluding hydrogens is 318 g/mol. The van der Waals surface area contributed by atoms with Crippen LogP contribution in [0.3, 0.4) is 0 Å². The summed E-state index contributed by atoms with van der Waals surface area (Å²) in [6, 6.07) is 10.9. The fraction of sp³-hybridized carbons (Fsp3) is 0.474. The van der Waals surface area contributed by atoms with E-state index in [9.17, 15) is 4.79 Å². The Morgan fingerprint density at radius 3 is 2.62 bits per heavy atom. The van der Waals surface area contributed by atoms with Gasteiger partial charge in [-0.05, 0) is 44.3 Å². The molecule has 4 nitrogen and oxygen atoms in total. The van der Waals surface area contributed by atoms with Gasteiger partial charge in [-0.2, -0.15) is 0 Å². The van der Waals surface area contributed by atoms with Crippen LogP contribution in [0.25, 0.3) is 0 Å². The van der Waals surface area contributed by atoms with E-state index < -0.39 is 0 Å². The van der Waals surface area contributed by atoms with E-state index in [-0.39, 0.29) is 17.9 Å². The molecule has 0 radical (unpaired) electrons. The number of rotatable bonds is 5. The van der Waals surface area contributed by atoms with Gasteiger partial charge in [0.05, 0.1) is 6.04 Å². The number of anilines is 1. The molecule has 2 fully saturated rings. The lowest BCUT2D eigenvalue weighted by Gasteiger charge is -2.34. The Hall–Kier alpha value is -1.72. The minimum absolute atomic E-state index is 0.130. The second kappa shape index (κ2) is 7.03. The maximum Gasteiger partial charge on any atom is 0.229 e. The molecule has 1 amide bonds. The van der Waals surface area contributed by atoms with Gasteiger partial charge in [-0.3, -0.25) is 9.69 Å². The normalized spacial score (nSPS) is 19.8. The zero-order chi connectivity index (χ0) is 16.4. The quantitative estimate of drug-likeness (QED) is 0.892. The number of likely N-dealkylation sites (tertiary alicyclic amines) is 1. The topological polar surface area (TPSA) is 45.2 Å². The summed E-state index contributed by atoms with van der Waals surface area (Å²) in [5, 5.41) is 3.72. The first-order chi connectivity index (χ1) is 11.8. The van der Waals surface area contributed by atoms with Gasteiger partial charge < -0.3 is 5.32 Å². The lowest BCUT2D eigenvalue weighted by atomic mass is 10.0. The average Bonchev–Trinajstić information content (AvgIpc) is 3.39. The average molecular weight is 341 g/mol. The number of aromatic nitrogens is 1. The van der Waals surface area contributed by atoms with E-state index in [1.807, 2.05) is 6.20 Å². The molecule has 4 rings (SSSR count). The number of carbonyl (C=O) groups is 1. The van der Waals surface area contributed by atoms with E-state index >= 15 is 0 Å². The van der Waals surface area contributed by atoms with Gasteiger partial charge in [-0.25, -0.2) is 4.98 Å². The van der Waals surface area contributed by atoms with Crippen molar-refractivity contribution in [2.75, 3.05) is 18.4 Å². The Balaban J connectivity index is 1.58. The van der Waals surface area contributed by atoms with Gasteiger partial charge >= 0.3 is 0 Å². The lowest BCUT2D eigenvalue weighted by molar-refractivity contribution is -0.117. The van der Waals surface area contributed by atoms with Crippen LogP contribution in [0.1, 0.15) is 48.6 Å². The number of benzene rings is 1. The van der Waals surface area contributed by atoms with Gasteiger partial charge in [0, 0.05) is 17.0 Å². The van der Waals surface area contributed by atoms with Crippen molar-refractivity contribution < 1.29 is 4.79 Å². The highest BCUT2D eigenvalue weighted by atomic mass is 32.1. The number of carbonyl (C=O) groups excluding carboxylic acids is 1. The summed E-state index contributed by atoms with van der Waals surface area (Å²) in [4.78, 5) is 20.2. The predicted octanol–water partition coefficient (Wildman–Crippen LogP) is 4.07. The van der Waals surface area contributed by atoms with Crippen LogP contribution in [-0.2, 0) is 4.79 Å². The van der Waals surface area contributed by atoms with Crippen LogP contribution in [0.4, 0.5) is 5.13 Å². The molecular formula is C19H23N3OS. The highest BCUT2D eigenvalue weighted by Crippen LogP contribution is 2.36. The van der Waals surface area contributed by atoms with E-state index in [2.05, 4.69) is 45.5 Å². The molecule has 0 bridgehead atoms. The molecule has 1 aromatic heterocycles. The minimum atomic E-state index is 0.130. The molecule has 1 aromatic carbocycles. The summed E-state index contributed by atoms with van der Waals surface area (Å²) in [6.07, 6.45) is 7.82. The third kappa shape index (κ3) is 3.52. The molecule has 1 unspecified atom stereocenters. The Labute approximate surface area is 146 Å². The molecule has 0 spiro atoms. The summed E-state index contributed by atoms with van der Waals surface area (Å²) >= 11 is 1.62. The van der Waals surface area contributed by atoms with Gasteiger partial charge in [0.15, 0.2) is 5.13 Å². The van der Waals surface area contributed by atoms with Crippen LogP contribution in [0.2, 0.25) is 0 Å². The van der Waals surface area contributed by atoms with E-state index in [1.165, 1.54) is 29.7 Å². The molecule has 1 saturated carbocycles. The van der Waals surface area contributed by atoms with Gasteiger partial charge in [0.1, 0.15) is 0 Å². The summed E-state index contributed by atoms with van der Waals surface area (Å²) in [5.41, 5.74) is 1.31. The van der Waals surface area contributed by atoms with Crippen molar-refractivity contribution in [1.82, 2.24) is 9.88 Å². The number of hydrogen-bond donors (Lipinski definition) is 1. The molecule has 24 heavy (non-hydrogen) atoms. The van der Waals surface area contributed by atoms with Crippen LogP contribution in [0.15, 0.2) is 36.5 Å². The molecule has 2 aliphatic rings. The molecule has 2 aromatic rings. The zero-order valence-electron chi connectivity index (χ0n) is 13.8. The molecule has 1 atom stereocenters. The summed E-state index contributed by atoms with van der Waals surface area (Å²) < 4.78 is 0. The first-order valence-electron chi connectivity index (χ1n) is 8.87. The number of thiazole rings is 1. The summed E-state index contributed by atoms with van der Waals surface area (Å²) in [5.74, 6) is 0.342. The van der Waals surface area contributed by atoms with Crippen molar-refractivity contribution in [3.05, 3.63) is 47.0 Å². The van der Waals surface area contributed by atoms with E-state index in [4.69, 9.17) is 0 Å². The second-order valence-electron chi connectivity index (χ2n) is 6.74. The van der Waals surface area contributed by atoms with Crippen LogP contribution in [-0.4, -0.2) is 28.9 Å². The predicted molar refractivity (Wildman–Crippen MR) is 97.2 cm³/mol. The van der Waals surface area contributed by atoms with Crippen molar-refractivity contribution in [2.24, 2.45) is 5.92 Å². The highest BCUT2D eigenvalue weighted by Gasteiger charge is 2.31. The zero-order valence-corrected chi connectivity index (χ0v) is 14.6. The third-order valence-corrected chi connectivity index (χ3v) is 5.81. The Morgan fingerprint density at radius 1 is 1.17 bits per heavy atom. The lowest BCUT2D eigenvalue weighted by Crippen LogP contribution is -2.34. The maximum atomic E-state index is 12.0. The van der Waals surface area contributed by atoms with Crippen molar-refractivity contribution in [3.8, 4) is 0 Å². The largest absolute Gasteiger partial charge is 0.302 e. The van der Waals surface area contributed by atoms with Crippen molar-refractivity contribution in [3.63, 3.8) is 0 Å². The number of hydrogen-bond acceptors (Lipinski definition) is 4. The van der Waals surface area contributed by atoms with Gasteiger partial charge in [-0.1, -0.05) is 48.1 Å². The third-order valence-electron chi connectivity index (χ3n) is 4.84. The summed E-state index contributed by atoms with van der Waals surface area (Å²) in [6.45, 7) is 2.25. The Morgan fingerprint density at radius 2 is 1.92 bits per heavy atom. The number of nitrogens with one attached hydrogen (secondary N) is 1. The van der Waals surface area contributed by atoms with Gasteiger partial charge in [-0.15, -0.1) is 0 Å². The molecule has 1 N–H and O–H groups in total. The van der Waals surface area contributed by atoms with E-state index in [0.717, 1.165) is 31.1 Å². The van der Waals surface area contributed by atoms with Gasteiger partial charge in [0.25, 0.3) is 0 Å². The molecule has 2 heterocycles. The monoisotopic (exact) mass is 341 g/mol. The first-order valence-corrected chi connectivity index (χ1v) is 9.68. The minimum Gasteiger partial charge on any atom is -0.302 e. The SMILES string of the molecule is O=C(Nc1ncc(C(c2ccccc2)N2CCCCC2)s1)C1CC1. The fourth-order valence-corrected chi connectivity index (χ4v) is 4.37. The number of nitrogens with zero attached hydrogens (tertiary/aromatic N) is 2. The van der Waals surface area contributed by atoms with Crippen molar-refractivity contribution in [1.29, 1.82) is 0 Å². The van der Waals surface area contributed by atoms with E-state index in [1.54, 1.807) is 11.3 Å². The van der Waals surface area contributed by atoms with Crippen LogP contribution in [0.5, 0.6) is 0 Å². The highest BCUT2D eigenvalue weighted by molar-refractivity contribution is 7.15. The second-order valence-corrected chi connectivity index (χ2v) is 7.80. The molecule has 5 heteroatoms. The molecule has 1 saturated heterocycles. The van der Waals surface area contributed by atoms with Crippen LogP contribution in [0, 0.1) is 5.92 Å². The Kier molecular flexibility index (Phi) is 4.63. The van der Waals surface area contributed by atoms with Gasteiger partial charge in [0.2, 0.25) is 5.91 Å². The first kappa shape index (κ1) is 15.8. The van der Waals surface area contributed by atoms with Crippen LogP contribution >= 0.6 is 11.3 Å². The smallest absolute Gasteiger partial charge is 0.229 e. The van der Waals surface area contributed by atoms with E-state index in [0.29, 0.717) is 0 Å².